The summed E-state index contributed by atoms with van der Waals surface area (Å²) in [5.74, 6) is 0. The maximum absolute atomic E-state index is 3.54. The highest BCUT2D eigenvalue weighted by molar-refractivity contribution is 14.1. The first-order valence-corrected chi connectivity index (χ1v) is 6.26. The summed E-state index contributed by atoms with van der Waals surface area (Å²) in [4.78, 5) is 0. The van der Waals surface area contributed by atoms with Gasteiger partial charge >= 0.3 is 0 Å². The molecule has 0 saturated heterocycles. The van der Waals surface area contributed by atoms with Gasteiger partial charge in [-0.2, -0.15) is 0 Å². The van der Waals surface area contributed by atoms with Gasteiger partial charge in [0.05, 0.1) is 0 Å². The summed E-state index contributed by atoms with van der Waals surface area (Å²) in [6.45, 7) is 4.21. The molecule has 1 N–H and O–H groups in total. The van der Waals surface area contributed by atoms with Crippen LogP contribution < -0.4 is 5.32 Å². The van der Waals surface area contributed by atoms with Gasteiger partial charge in [0.15, 0.2) is 0 Å². The molecule has 0 aromatic heterocycles. The summed E-state index contributed by atoms with van der Waals surface area (Å²) in [6.07, 6.45) is 1.18. The maximum Gasteiger partial charge on any atom is 0.0220 e. The largest absolute Gasteiger partial charge is 0.313 e. The molecule has 0 unspecified atom stereocenters. The second-order valence-electron chi connectivity index (χ2n) is 2.91. The van der Waals surface area contributed by atoms with Gasteiger partial charge in [-0.1, -0.05) is 22.9 Å². The Labute approximate surface area is 102 Å². The molecular formula is C10H13BrIN. The first kappa shape index (κ1) is 11.5. The molecule has 0 spiro atoms. The number of hydrogen-bond acceptors (Lipinski definition) is 1. The number of halogens is 2. The zero-order valence-electron chi connectivity index (χ0n) is 7.61. The third-order valence-electron chi connectivity index (χ3n) is 1.75. The Kier molecular flexibility index (Phi) is 5.28. The van der Waals surface area contributed by atoms with Crippen LogP contribution in [-0.4, -0.2) is 6.54 Å². The monoisotopic (exact) mass is 353 g/mol. The fourth-order valence-corrected chi connectivity index (χ4v) is 2.02. The van der Waals surface area contributed by atoms with E-state index in [9.17, 15) is 0 Å². The molecule has 0 heterocycles. The second kappa shape index (κ2) is 5.98. The van der Waals surface area contributed by atoms with E-state index in [1.54, 1.807) is 0 Å². The van der Waals surface area contributed by atoms with Crippen molar-refractivity contribution < 1.29 is 0 Å². The quantitative estimate of drug-likeness (QED) is 0.644. The van der Waals surface area contributed by atoms with E-state index in [1.807, 2.05) is 0 Å². The average molecular weight is 354 g/mol. The molecule has 1 rings (SSSR count). The Morgan fingerprint density at radius 3 is 2.92 bits per heavy atom. The molecule has 0 aliphatic heterocycles. The Hall–Kier alpha value is 0.390. The Bertz CT molecular complexity index is 276. The van der Waals surface area contributed by atoms with Crippen LogP contribution in [-0.2, 0) is 6.54 Å². The Morgan fingerprint density at radius 1 is 1.46 bits per heavy atom. The minimum Gasteiger partial charge on any atom is -0.313 e. The predicted octanol–water partition coefficient (Wildman–Crippen LogP) is 3.55. The van der Waals surface area contributed by atoms with Crippen LogP contribution in [0.15, 0.2) is 22.7 Å². The maximum atomic E-state index is 3.54. The van der Waals surface area contributed by atoms with Crippen molar-refractivity contribution in [3.63, 3.8) is 0 Å². The van der Waals surface area contributed by atoms with E-state index in [0.29, 0.717) is 0 Å². The van der Waals surface area contributed by atoms with Crippen molar-refractivity contribution in [1.29, 1.82) is 0 Å². The van der Waals surface area contributed by atoms with Crippen LogP contribution >= 0.6 is 38.5 Å². The zero-order chi connectivity index (χ0) is 9.68. The van der Waals surface area contributed by atoms with Gasteiger partial charge in [-0.05, 0) is 59.3 Å². The fourth-order valence-electron chi connectivity index (χ4n) is 1.08. The normalized spacial score (nSPS) is 10.4. The van der Waals surface area contributed by atoms with Crippen molar-refractivity contribution in [1.82, 2.24) is 5.32 Å². The molecule has 0 aliphatic carbocycles. The highest BCUT2D eigenvalue weighted by Crippen LogP contribution is 2.19. The van der Waals surface area contributed by atoms with E-state index in [1.165, 1.54) is 20.0 Å². The molecule has 0 amide bonds. The summed E-state index contributed by atoms with van der Waals surface area (Å²) in [7, 11) is 0. The van der Waals surface area contributed by atoms with Crippen LogP contribution in [0.3, 0.4) is 0 Å². The topological polar surface area (TPSA) is 12.0 Å². The van der Waals surface area contributed by atoms with Crippen LogP contribution in [0.1, 0.15) is 18.9 Å². The Balaban J connectivity index is 2.59. The van der Waals surface area contributed by atoms with E-state index in [4.69, 9.17) is 0 Å². The van der Waals surface area contributed by atoms with E-state index in [-0.39, 0.29) is 0 Å². The molecule has 13 heavy (non-hydrogen) atoms. The minimum atomic E-state index is 0.950. The summed E-state index contributed by atoms with van der Waals surface area (Å²) >= 11 is 5.87. The van der Waals surface area contributed by atoms with Crippen LogP contribution in [0.25, 0.3) is 0 Å². The van der Waals surface area contributed by atoms with Gasteiger partial charge in [0.1, 0.15) is 0 Å². The number of nitrogens with one attached hydrogen (secondary N) is 1. The molecule has 1 nitrogen and oxygen atoms in total. The smallest absolute Gasteiger partial charge is 0.0220 e. The number of hydrogen-bond donors (Lipinski definition) is 1. The SMILES string of the molecule is CCCNCc1cc(I)ccc1Br. The molecule has 0 radical (unpaired) electrons. The fraction of sp³-hybridized carbons (Fsp3) is 0.400. The molecular weight excluding hydrogens is 341 g/mol. The molecule has 3 heteroatoms. The lowest BCUT2D eigenvalue weighted by Crippen LogP contribution is -2.14. The zero-order valence-corrected chi connectivity index (χ0v) is 11.4. The van der Waals surface area contributed by atoms with E-state index in [0.717, 1.165) is 13.1 Å². The molecule has 0 fully saturated rings. The lowest BCUT2D eigenvalue weighted by molar-refractivity contribution is 0.674. The third-order valence-corrected chi connectivity index (χ3v) is 3.19. The molecule has 72 valence electrons. The average Bonchev–Trinajstić information content (AvgIpc) is 2.11. The van der Waals surface area contributed by atoms with Crippen molar-refractivity contribution in [2.75, 3.05) is 6.54 Å². The van der Waals surface area contributed by atoms with Gasteiger partial charge in [0.25, 0.3) is 0 Å². The van der Waals surface area contributed by atoms with Crippen LogP contribution in [0.2, 0.25) is 0 Å². The standard InChI is InChI=1S/C10H13BrIN/c1-2-5-13-7-8-6-9(12)3-4-10(8)11/h3-4,6,13H,2,5,7H2,1H3. The molecule has 0 atom stereocenters. The second-order valence-corrected chi connectivity index (χ2v) is 5.01. The number of benzene rings is 1. The van der Waals surface area contributed by atoms with Crippen molar-refractivity contribution in [2.45, 2.75) is 19.9 Å². The Morgan fingerprint density at radius 2 is 2.23 bits per heavy atom. The highest BCUT2D eigenvalue weighted by Gasteiger charge is 1.99. The van der Waals surface area contributed by atoms with E-state index < -0.39 is 0 Å². The summed E-state index contributed by atoms with van der Waals surface area (Å²) < 4.78 is 2.48. The van der Waals surface area contributed by atoms with Crippen molar-refractivity contribution in [3.8, 4) is 0 Å². The summed E-state index contributed by atoms with van der Waals surface area (Å²) in [5, 5.41) is 3.39. The van der Waals surface area contributed by atoms with Gasteiger partial charge in [-0.15, -0.1) is 0 Å². The van der Waals surface area contributed by atoms with Crippen LogP contribution in [0, 0.1) is 3.57 Å². The van der Waals surface area contributed by atoms with Crippen molar-refractivity contribution in [3.05, 3.63) is 31.8 Å². The highest BCUT2D eigenvalue weighted by atomic mass is 127. The molecule has 1 aromatic carbocycles. The van der Waals surface area contributed by atoms with Gasteiger partial charge < -0.3 is 5.32 Å². The third kappa shape index (κ3) is 3.95. The van der Waals surface area contributed by atoms with Crippen molar-refractivity contribution in [2.24, 2.45) is 0 Å². The first-order valence-electron chi connectivity index (χ1n) is 4.38. The van der Waals surface area contributed by atoms with Crippen molar-refractivity contribution >= 4 is 38.5 Å². The summed E-state index contributed by atoms with van der Waals surface area (Å²) in [6, 6.07) is 6.41. The number of rotatable bonds is 4. The van der Waals surface area contributed by atoms with Gasteiger partial charge in [0.2, 0.25) is 0 Å². The molecule has 0 bridgehead atoms. The predicted molar refractivity (Wildman–Crippen MR) is 68.9 cm³/mol. The lowest BCUT2D eigenvalue weighted by Gasteiger charge is -2.06. The van der Waals surface area contributed by atoms with Gasteiger partial charge in [-0.3, -0.25) is 0 Å². The van der Waals surface area contributed by atoms with Crippen LogP contribution in [0.4, 0.5) is 0 Å². The first-order chi connectivity index (χ1) is 6.24. The van der Waals surface area contributed by atoms with E-state index >= 15 is 0 Å². The molecule has 0 aliphatic rings. The lowest BCUT2D eigenvalue weighted by atomic mass is 10.2. The molecule has 1 aromatic rings. The van der Waals surface area contributed by atoms with Gasteiger partial charge in [-0.25, -0.2) is 0 Å². The van der Waals surface area contributed by atoms with E-state index in [2.05, 4.69) is 69.0 Å². The molecule has 0 saturated carbocycles. The van der Waals surface area contributed by atoms with Crippen LogP contribution in [0.5, 0.6) is 0 Å². The summed E-state index contributed by atoms with van der Waals surface area (Å²) in [5.41, 5.74) is 1.33. The van der Waals surface area contributed by atoms with Gasteiger partial charge in [0, 0.05) is 14.6 Å². The minimum absolute atomic E-state index is 0.950.